The van der Waals surface area contributed by atoms with Crippen LogP contribution in [0, 0.1) is 0 Å². The zero-order valence-electron chi connectivity index (χ0n) is 30.3. The van der Waals surface area contributed by atoms with Crippen molar-refractivity contribution in [2.75, 3.05) is 19.8 Å². The fourth-order valence-electron chi connectivity index (χ4n) is 5.73. The first-order valence-electron chi connectivity index (χ1n) is 18.9. The summed E-state index contributed by atoms with van der Waals surface area (Å²) in [7, 11) is 0. The molecule has 0 radical (unpaired) electrons. The summed E-state index contributed by atoms with van der Waals surface area (Å²) in [6, 6.07) is 19.3. The quantitative estimate of drug-likeness (QED) is 0.0617. The predicted molar refractivity (Wildman–Crippen MR) is 197 cm³/mol. The molecule has 0 aliphatic rings. The van der Waals surface area contributed by atoms with Crippen molar-refractivity contribution < 1.29 is 32.2 Å². The summed E-state index contributed by atoms with van der Waals surface area (Å²) in [5.41, 5.74) is 4.25. The van der Waals surface area contributed by atoms with Crippen molar-refractivity contribution >= 4 is 5.97 Å². The number of halogens is 3. The van der Waals surface area contributed by atoms with Gasteiger partial charge in [0.05, 0.1) is 24.5 Å². The minimum atomic E-state index is -4.33. The highest BCUT2D eigenvalue weighted by atomic mass is 19.4. The molecule has 276 valence electrons. The molecule has 3 rings (SSSR count). The number of pyridine rings is 1. The largest absolute Gasteiger partial charge is 0.494 e. The Kier molecular flexibility index (Phi) is 19.6. The van der Waals surface area contributed by atoms with Crippen molar-refractivity contribution in [1.82, 2.24) is 4.98 Å². The topological polar surface area (TPSA) is 57.7 Å². The van der Waals surface area contributed by atoms with Gasteiger partial charge in [-0.3, -0.25) is 4.98 Å². The van der Waals surface area contributed by atoms with Gasteiger partial charge in [-0.05, 0) is 80.6 Å². The van der Waals surface area contributed by atoms with Crippen LogP contribution in [0.25, 0.3) is 22.4 Å². The zero-order chi connectivity index (χ0) is 35.9. The maximum absolute atomic E-state index is 12.4. The van der Waals surface area contributed by atoms with Crippen molar-refractivity contribution in [2.24, 2.45) is 0 Å². The van der Waals surface area contributed by atoms with Crippen LogP contribution in [0.2, 0.25) is 0 Å². The predicted octanol–water partition coefficient (Wildman–Crippen LogP) is 12.6. The normalized spacial score (nSPS) is 12.2. The number of benzene rings is 2. The van der Waals surface area contributed by atoms with E-state index < -0.39 is 18.2 Å². The molecule has 1 heterocycles. The average molecular weight is 698 g/mol. The van der Waals surface area contributed by atoms with E-state index in [-0.39, 0.29) is 13.2 Å². The zero-order valence-corrected chi connectivity index (χ0v) is 30.3. The molecule has 0 N–H and O–H groups in total. The van der Waals surface area contributed by atoms with Gasteiger partial charge in [-0.1, -0.05) is 109 Å². The van der Waals surface area contributed by atoms with Gasteiger partial charge < -0.3 is 14.2 Å². The molecule has 0 aliphatic carbocycles. The highest BCUT2D eigenvalue weighted by Gasteiger charge is 2.36. The highest BCUT2D eigenvalue weighted by Crippen LogP contribution is 2.26. The molecule has 0 saturated carbocycles. The molecular weight excluding hydrogens is 639 g/mol. The van der Waals surface area contributed by atoms with Gasteiger partial charge in [-0.2, -0.15) is 13.2 Å². The van der Waals surface area contributed by atoms with Gasteiger partial charge in [0, 0.05) is 23.9 Å². The summed E-state index contributed by atoms with van der Waals surface area (Å²) in [6.07, 6.45) is 15.8. The lowest BCUT2D eigenvalue weighted by Crippen LogP contribution is -2.28. The third-order valence-corrected chi connectivity index (χ3v) is 8.98. The summed E-state index contributed by atoms with van der Waals surface area (Å²) in [6.45, 7) is 4.35. The molecular formula is C42H58F3NO4. The molecule has 1 unspecified atom stereocenters. The van der Waals surface area contributed by atoms with Crippen molar-refractivity contribution in [3.8, 4) is 28.1 Å². The van der Waals surface area contributed by atoms with E-state index in [0.29, 0.717) is 24.8 Å². The van der Waals surface area contributed by atoms with Gasteiger partial charge in [0.2, 0.25) is 0 Å². The smallest absolute Gasteiger partial charge is 0.414 e. The molecule has 0 bridgehead atoms. The molecule has 0 aliphatic heterocycles. The Morgan fingerprint density at radius 2 is 1.12 bits per heavy atom. The van der Waals surface area contributed by atoms with E-state index in [9.17, 15) is 18.0 Å². The van der Waals surface area contributed by atoms with E-state index in [0.717, 1.165) is 54.5 Å². The molecule has 0 fully saturated rings. The number of carbonyl (C=O) groups is 1. The highest BCUT2D eigenvalue weighted by molar-refractivity contribution is 5.90. The van der Waals surface area contributed by atoms with Crippen LogP contribution in [0.4, 0.5) is 13.2 Å². The van der Waals surface area contributed by atoms with Gasteiger partial charge >= 0.3 is 12.1 Å². The molecule has 50 heavy (non-hydrogen) atoms. The molecule has 8 heteroatoms. The van der Waals surface area contributed by atoms with E-state index in [1.807, 2.05) is 54.7 Å². The SMILES string of the molecule is CCCCCCCCCCCCCCCOc1ccc(-c2ccc(-c3ccc(C(=O)OCCCCCCOC(C)C(F)(F)F)cc3)cn2)cc1. The lowest BCUT2D eigenvalue weighted by atomic mass is 10.0. The first-order valence-corrected chi connectivity index (χ1v) is 18.9. The van der Waals surface area contributed by atoms with E-state index >= 15 is 0 Å². The van der Waals surface area contributed by atoms with Crippen LogP contribution in [-0.2, 0) is 9.47 Å². The van der Waals surface area contributed by atoms with Crippen LogP contribution >= 0.6 is 0 Å². The van der Waals surface area contributed by atoms with Gasteiger partial charge in [-0.15, -0.1) is 0 Å². The van der Waals surface area contributed by atoms with E-state index in [1.165, 1.54) is 77.0 Å². The summed E-state index contributed by atoms with van der Waals surface area (Å²) < 4.78 is 53.5. The van der Waals surface area contributed by atoms with Gasteiger partial charge in [-0.25, -0.2) is 4.79 Å². The Balaban J connectivity index is 1.27. The van der Waals surface area contributed by atoms with E-state index in [2.05, 4.69) is 11.9 Å². The van der Waals surface area contributed by atoms with Crippen LogP contribution in [0.3, 0.4) is 0 Å². The van der Waals surface area contributed by atoms with E-state index in [4.69, 9.17) is 14.2 Å². The van der Waals surface area contributed by atoms with Crippen LogP contribution in [0.15, 0.2) is 66.9 Å². The molecule has 1 atom stereocenters. The third kappa shape index (κ3) is 16.5. The number of esters is 1. The minimum absolute atomic E-state index is 0.0627. The fourth-order valence-corrected chi connectivity index (χ4v) is 5.73. The number of rotatable bonds is 26. The number of carbonyl (C=O) groups excluding carboxylic acids is 1. The van der Waals surface area contributed by atoms with Crippen molar-refractivity contribution in [1.29, 1.82) is 0 Å². The van der Waals surface area contributed by atoms with Crippen LogP contribution < -0.4 is 4.74 Å². The number of alkyl halides is 3. The molecule has 5 nitrogen and oxygen atoms in total. The monoisotopic (exact) mass is 697 g/mol. The molecule has 0 amide bonds. The minimum Gasteiger partial charge on any atom is -0.494 e. The Morgan fingerprint density at radius 1 is 0.620 bits per heavy atom. The summed E-state index contributed by atoms with van der Waals surface area (Å²) in [5, 5.41) is 0. The maximum Gasteiger partial charge on any atom is 0.414 e. The first-order chi connectivity index (χ1) is 24.3. The van der Waals surface area contributed by atoms with Crippen molar-refractivity contribution in [3.05, 3.63) is 72.4 Å². The number of hydrogen-bond acceptors (Lipinski definition) is 5. The second kappa shape index (κ2) is 23.9. The van der Waals surface area contributed by atoms with Gasteiger partial charge in [0.25, 0.3) is 0 Å². The standard InChI is InChI=1S/C42H58F3NO4/c1-3-4-5-6-7-8-9-10-11-12-13-14-18-31-49-39-27-24-36(25-28-39)40-29-26-38(33-46-40)35-20-22-37(23-21-35)41(47)50-32-19-16-15-17-30-48-34(2)42(43,44)45/h20-29,33-34H,3-19,30-32H2,1-2H3. The lowest BCUT2D eigenvalue weighted by Gasteiger charge is -2.16. The summed E-state index contributed by atoms with van der Waals surface area (Å²) in [4.78, 5) is 17.1. The number of aromatic nitrogens is 1. The average Bonchev–Trinajstić information content (AvgIpc) is 3.12. The Labute approximate surface area is 298 Å². The van der Waals surface area contributed by atoms with Gasteiger partial charge in [0.1, 0.15) is 5.75 Å². The first kappa shape index (κ1) is 41.0. The van der Waals surface area contributed by atoms with E-state index in [1.54, 1.807) is 12.1 Å². The third-order valence-electron chi connectivity index (χ3n) is 8.98. The Morgan fingerprint density at radius 3 is 1.66 bits per heavy atom. The second-order valence-electron chi connectivity index (χ2n) is 13.2. The maximum atomic E-state index is 12.4. The fraction of sp³-hybridized carbons (Fsp3) is 0.571. The molecule has 0 spiro atoms. The van der Waals surface area contributed by atoms with Crippen molar-refractivity contribution in [2.45, 2.75) is 135 Å². The van der Waals surface area contributed by atoms with Crippen molar-refractivity contribution in [3.63, 3.8) is 0 Å². The summed E-state index contributed by atoms with van der Waals surface area (Å²) >= 11 is 0. The molecule has 0 saturated heterocycles. The second-order valence-corrected chi connectivity index (χ2v) is 13.2. The van der Waals surface area contributed by atoms with Crippen LogP contribution in [0.1, 0.15) is 133 Å². The lowest BCUT2D eigenvalue weighted by molar-refractivity contribution is -0.214. The molecule has 2 aromatic carbocycles. The molecule has 1 aromatic heterocycles. The van der Waals surface area contributed by atoms with Crippen LogP contribution in [0.5, 0.6) is 5.75 Å². The van der Waals surface area contributed by atoms with Gasteiger partial charge in [0.15, 0.2) is 6.10 Å². The Hall–Kier alpha value is -3.39. The number of nitrogens with zero attached hydrogens (tertiary/aromatic N) is 1. The van der Waals surface area contributed by atoms with Crippen LogP contribution in [-0.4, -0.2) is 43.1 Å². The Bertz CT molecular complexity index is 1310. The summed E-state index contributed by atoms with van der Waals surface area (Å²) in [5.74, 6) is 0.482. The molecule has 3 aromatic rings. The number of hydrogen-bond donors (Lipinski definition) is 0. The number of ether oxygens (including phenoxy) is 3. The number of unbranched alkanes of at least 4 members (excludes halogenated alkanes) is 15.